The SMILES string of the molecule is CC(C)n1cnc2c(N(C)c3cccnc3)nc(F)nc21. The van der Waals surface area contributed by atoms with Crippen LogP contribution in [0.25, 0.3) is 11.2 Å². The Bertz CT molecular complexity index is 768. The van der Waals surface area contributed by atoms with E-state index < -0.39 is 6.08 Å². The van der Waals surface area contributed by atoms with Crippen LogP contribution in [0, 0.1) is 6.08 Å². The molecule has 6 nitrogen and oxygen atoms in total. The Kier molecular flexibility index (Phi) is 3.25. The molecule has 21 heavy (non-hydrogen) atoms. The Balaban J connectivity index is 2.19. The van der Waals surface area contributed by atoms with Crippen molar-refractivity contribution in [2.75, 3.05) is 11.9 Å². The maximum atomic E-state index is 13.8. The molecule has 0 amide bonds. The molecule has 3 heterocycles. The molecule has 0 fully saturated rings. The summed E-state index contributed by atoms with van der Waals surface area (Å²) in [6.45, 7) is 3.98. The highest BCUT2D eigenvalue weighted by atomic mass is 19.1. The van der Waals surface area contributed by atoms with Gasteiger partial charge in [-0.3, -0.25) is 4.98 Å². The first-order chi connectivity index (χ1) is 10.1. The second-order valence-electron chi connectivity index (χ2n) is 5.00. The van der Waals surface area contributed by atoms with Crippen molar-refractivity contribution in [1.29, 1.82) is 0 Å². The van der Waals surface area contributed by atoms with E-state index in [1.165, 1.54) is 0 Å². The van der Waals surface area contributed by atoms with Gasteiger partial charge in [-0.2, -0.15) is 14.4 Å². The average molecular weight is 286 g/mol. The van der Waals surface area contributed by atoms with Gasteiger partial charge in [0.1, 0.15) is 0 Å². The fourth-order valence-corrected chi connectivity index (χ4v) is 2.16. The molecule has 0 aliphatic rings. The van der Waals surface area contributed by atoms with Gasteiger partial charge in [0, 0.05) is 19.3 Å². The molecular formula is C14H15FN6. The highest BCUT2D eigenvalue weighted by Gasteiger charge is 2.18. The van der Waals surface area contributed by atoms with Crippen LogP contribution in [0.15, 0.2) is 30.9 Å². The lowest BCUT2D eigenvalue weighted by molar-refractivity contribution is 0.537. The van der Waals surface area contributed by atoms with Crippen molar-refractivity contribution in [3.05, 3.63) is 36.9 Å². The lowest BCUT2D eigenvalue weighted by Crippen LogP contribution is -2.14. The maximum Gasteiger partial charge on any atom is 0.312 e. The molecule has 0 atom stereocenters. The van der Waals surface area contributed by atoms with E-state index in [1.807, 2.05) is 30.5 Å². The summed E-state index contributed by atoms with van der Waals surface area (Å²) in [5.41, 5.74) is 1.86. The number of pyridine rings is 1. The van der Waals surface area contributed by atoms with E-state index in [4.69, 9.17) is 0 Å². The van der Waals surface area contributed by atoms with Gasteiger partial charge < -0.3 is 9.47 Å². The Morgan fingerprint density at radius 2 is 2.10 bits per heavy atom. The van der Waals surface area contributed by atoms with Crippen LogP contribution < -0.4 is 4.90 Å². The second-order valence-corrected chi connectivity index (χ2v) is 5.00. The molecule has 3 aromatic heterocycles. The number of fused-ring (bicyclic) bond motifs is 1. The van der Waals surface area contributed by atoms with E-state index in [0.717, 1.165) is 5.69 Å². The normalized spacial score (nSPS) is 11.3. The van der Waals surface area contributed by atoms with E-state index in [-0.39, 0.29) is 6.04 Å². The maximum absolute atomic E-state index is 13.8. The first-order valence-corrected chi connectivity index (χ1v) is 6.61. The Hall–Kier alpha value is -2.57. The summed E-state index contributed by atoms with van der Waals surface area (Å²) in [6.07, 6.45) is 4.26. The van der Waals surface area contributed by atoms with E-state index in [0.29, 0.717) is 17.0 Å². The minimum absolute atomic E-state index is 0.140. The number of hydrogen-bond acceptors (Lipinski definition) is 5. The molecule has 0 radical (unpaired) electrons. The third kappa shape index (κ3) is 2.31. The molecule has 0 unspecified atom stereocenters. The zero-order valence-electron chi connectivity index (χ0n) is 12.0. The van der Waals surface area contributed by atoms with Gasteiger partial charge in [0.15, 0.2) is 17.0 Å². The lowest BCUT2D eigenvalue weighted by atomic mass is 10.3. The zero-order valence-corrected chi connectivity index (χ0v) is 12.0. The highest BCUT2D eigenvalue weighted by molar-refractivity contribution is 5.85. The minimum Gasteiger partial charge on any atom is -0.326 e. The number of halogens is 1. The van der Waals surface area contributed by atoms with Crippen molar-refractivity contribution < 1.29 is 4.39 Å². The molecule has 0 aromatic carbocycles. The van der Waals surface area contributed by atoms with Crippen molar-refractivity contribution in [1.82, 2.24) is 24.5 Å². The monoisotopic (exact) mass is 286 g/mol. The minimum atomic E-state index is -0.768. The second kappa shape index (κ2) is 5.08. The molecule has 0 aliphatic heterocycles. The van der Waals surface area contributed by atoms with Crippen LogP contribution in [-0.2, 0) is 0 Å². The summed E-state index contributed by atoms with van der Waals surface area (Å²) in [5.74, 6) is 0.421. The van der Waals surface area contributed by atoms with Crippen LogP contribution in [0.5, 0.6) is 0 Å². The lowest BCUT2D eigenvalue weighted by Gasteiger charge is -2.18. The summed E-state index contributed by atoms with van der Waals surface area (Å²) in [7, 11) is 1.80. The fraction of sp³-hybridized carbons (Fsp3) is 0.286. The molecule has 7 heteroatoms. The number of aromatic nitrogens is 5. The van der Waals surface area contributed by atoms with E-state index in [9.17, 15) is 4.39 Å². The molecule has 0 aliphatic carbocycles. The number of rotatable bonds is 3. The first-order valence-electron chi connectivity index (χ1n) is 6.61. The standard InChI is InChI=1S/C14H15FN6/c1-9(2)21-8-17-11-12(18-14(15)19-13(11)21)20(3)10-5-4-6-16-7-10/h4-9H,1-3H3. The summed E-state index contributed by atoms with van der Waals surface area (Å²) in [4.78, 5) is 17.9. The number of imidazole rings is 1. The fourth-order valence-electron chi connectivity index (χ4n) is 2.16. The molecular weight excluding hydrogens is 271 g/mol. The predicted octanol–water partition coefficient (Wildman–Crippen LogP) is 2.71. The summed E-state index contributed by atoms with van der Waals surface area (Å²) >= 11 is 0. The van der Waals surface area contributed by atoms with Gasteiger partial charge in [-0.15, -0.1) is 0 Å². The van der Waals surface area contributed by atoms with E-state index in [2.05, 4.69) is 19.9 Å². The van der Waals surface area contributed by atoms with Crippen molar-refractivity contribution in [2.45, 2.75) is 19.9 Å². The summed E-state index contributed by atoms with van der Waals surface area (Å²) in [5, 5.41) is 0. The van der Waals surface area contributed by atoms with Gasteiger partial charge in [-0.1, -0.05) is 0 Å². The molecule has 3 aromatic rings. The Morgan fingerprint density at radius 1 is 1.29 bits per heavy atom. The molecule has 3 rings (SSSR count). The first kappa shape index (κ1) is 13.4. The Labute approximate surface area is 121 Å². The quantitative estimate of drug-likeness (QED) is 0.693. The van der Waals surface area contributed by atoms with Crippen LogP contribution in [0.3, 0.4) is 0 Å². The number of anilines is 2. The van der Waals surface area contributed by atoms with Gasteiger partial charge >= 0.3 is 6.08 Å². The number of hydrogen-bond donors (Lipinski definition) is 0. The summed E-state index contributed by atoms with van der Waals surface area (Å²) in [6, 6.07) is 3.83. The van der Waals surface area contributed by atoms with Crippen molar-refractivity contribution in [2.24, 2.45) is 0 Å². The third-order valence-electron chi connectivity index (χ3n) is 3.28. The molecule has 0 spiro atoms. The molecule has 0 N–H and O–H groups in total. The summed E-state index contributed by atoms with van der Waals surface area (Å²) < 4.78 is 15.6. The largest absolute Gasteiger partial charge is 0.326 e. The van der Waals surface area contributed by atoms with Crippen LogP contribution in [0.4, 0.5) is 15.9 Å². The molecule has 0 saturated heterocycles. The van der Waals surface area contributed by atoms with Crippen LogP contribution in [-0.4, -0.2) is 31.6 Å². The number of nitrogens with zero attached hydrogens (tertiary/aromatic N) is 6. The van der Waals surface area contributed by atoms with Gasteiger partial charge in [0.05, 0.1) is 18.2 Å². The van der Waals surface area contributed by atoms with Crippen LogP contribution in [0.1, 0.15) is 19.9 Å². The van der Waals surface area contributed by atoms with Crippen LogP contribution in [0.2, 0.25) is 0 Å². The van der Waals surface area contributed by atoms with E-state index >= 15 is 0 Å². The molecule has 108 valence electrons. The average Bonchev–Trinajstić information content (AvgIpc) is 2.90. The smallest absolute Gasteiger partial charge is 0.312 e. The third-order valence-corrected chi connectivity index (χ3v) is 3.28. The zero-order chi connectivity index (χ0) is 15.0. The van der Waals surface area contributed by atoms with Crippen molar-refractivity contribution in [3.63, 3.8) is 0 Å². The van der Waals surface area contributed by atoms with Gasteiger partial charge in [0.2, 0.25) is 0 Å². The van der Waals surface area contributed by atoms with Gasteiger partial charge in [-0.05, 0) is 26.0 Å². The highest BCUT2D eigenvalue weighted by Crippen LogP contribution is 2.28. The Morgan fingerprint density at radius 3 is 2.76 bits per heavy atom. The van der Waals surface area contributed by atoms with Gasteiger partial charge in [0.25, 0.3) is 0 Å². The molecule has 0 bridgehead atoms. The molecule has 0 saturated carbocycles. The van der Waals surface area contributed by atoms with Crippen molar-refractivity contribution in [3.8, 4) is 0 Å². The van der Waals surface area contributed by atoms with Crippen molar-refractivity contribution >= 4 is 22.7 Å². The van der Waals surface area contributed by atoms with E-state index in [1.54, 1.807) is 30.7 Å². The predicted molar refractivity (Wildman–Crippen MR) is 78.0 cm³/mol. The van der Waals surface area contributed by atoms with Crippen LogP contribution >= 0.6 is 0 Å². The topological polar surface area (TPSA) is 59.7 Å². The van der Waals surface area contributed by atoms with Gasteiger partial charge in [-0.25, -0.2) is 4.98 Å².